The van der Waals surface area contributed by atoms with Crippen molar-refractivity contribution in [3.8, 4) is 0 Å². The zero-order chi connectivity index (χ0) is 19.1. The topological polar surface area (TPSA) is 78.0 Å². The predicted molar refractivity (Wildman–Crippen MR) is 106 cm³/mol. The van der Waals surface area contributed by atoms with Crippen molar-refractivity contribution in [2.24, 2.45) is 0 Å². The highest BCUT2D eigenvalue weighted by Crippen LogP contribution is 2.37. The Kier molecular flexibility index (Phi) is 6.05. The quantitative estimate of drug-likeness (QED) is 0.427. The zero-order valence-corrected chi connectivity index (χ0v) is 18.3. The summed E-state index contributed by atoms with van der Waals surface area (Å²) in [4.78, 5) is 0. The number of rotatable bonds is 5. The molecule has 0 spiro atoms. The van der Waals surface area contributed by atoms with Gasteiger partial charge in [-0.2, -0.15) is 25.4 Å². The molecule has 1 aromatic rings. The standard InChI is InChI=1S/C14H18ClFIN3O4S2/c15-13-12(6-5-11(16)14(13)17)20(25(21,22)18-7-1-2-8-18)26(23,24)19-9-3-4-10-19/h5-6H,1-4,7-10H2. The largest absolute Gasteiger partial charge is 0.318 e. The Morgan fingerprint density at radius 3 is 1.77 bits per heavy atom. The Bertz CT molecular complexity index is 855. The minimum atomic E-state index is -4.37. The molecule has 146 valence electrons. The van der Waals surface area contributed by atoms with E-state index in [0.29, 0.717) is 29.4 Å². The molecule has 1 aromatic carbocycles. The van der Waals surface area contributed by atoms with Crippen molar-refractivity contribution in [3.05, 3.63) is 26.5 Å². The van der Waals surface area contributed by atoms with Crippen LogP contribution < -0.4 is 3.71 Å². The van der Waals surface area contributed by atoms with Crippen LogP contribution in [0.4, 0.5) is 10.1 Å². The van der Waals surface area contributed by atoms with E-state index in [1.165, 1.54) is 0 Å². The second-order valence-corrected chi connectivity index (χ2v) is 11.4. The molecule has 2 aliphatic heterocycles. The fraction of sp³-hybridized carbons (Fsp3) is 0.571. The lowest BCUT2D eigenvalue weighted by molar-refractivity contribution is 0.462. The van der Waals surface area contributed by atoms with Gasteiger partial charge in [-0.25, -0.2) is 4.39 Å². The molecule has 0 unspecified atom stereocenters. The van der Waals surface area contributed by atoms with Gasteiger partial charge in [0.2, 0.25) is 0 Å². The summed E-state index contributed by atoms with van der Waals surface area (Å²) in [5.41, 5.74) is -0.253. The number of benzene rings is 1. The first-order valence-corrected chi connectivity index (χ1v) is 12.4. The number of halogens is 3. The molecule has 0 N–H and O–H groups in total. The fourth-order valence-corrected chi connectivity index (χ4v) is 8.04. The molecule has 2 saturated heterocycles. The Morgan fingerprint density at radius 2 is 1.35 bits per heavy atom. The smallest absolute Gasteiger partial charge is 0.206 e. The second-order valence-electron chi connectivity index (χ2n) is 6.12. The lowest BCUT2D eigenvalue weighted by Gasteiger charge is -2.31. The van der Waals surface area contributed by atoms with Crippen molar-refractivity contribution in [3.63, 3.8) is 0 Å². The third-order valence-corrected chi connectivity index (χ3v) is 10.6. The summed E-state index contributed by atoms with van der Waals surface area (Å²) in [6.07, 6.45) is 2.63. The zero-order valence-electron chi connectivity index (χ0n) is 13.7. The van der Waals surface area contributed by atoms with Gasteiger partial charge in [0.05, 0.1) is 14.3 Å². The lowest BCUT2D eigenvalue weighted by Crippen LogP contribution is -2.51. The summed E-state index contributed by atoms with van der Waals surface area (Å²) < 4.78 is 69.1. The number of nitrogens with zero attached hydrogens (tertiary/aromatic N) is 3. The average Bonchev–Trinajstić information content (AvgIpc) is 3.28. The summed E-state index contributed by atoms with van der Waals surface area (Å²) in [5, 5.41) is -0.240. The molecule has 2 heterocycles. The summed E-state index contributed by atoms with van der Waals surface area (Å²) in [5.74, 6) is -0.642. The molecule has 26 heavy (non-hydrogen) atoms. The van der Waals surface area contributed by atoms with Gasteiger partial charge < -0.3 is 0 Å². The van der Waals surface area contributed by atoms with E-state index in [4.69, 9.17) is 11.6 Å². The van der Waals surface area contributed by atoms with Gasteiger partial charge in [-0.1, -0.05) is 11.6 Å². The van der Waals surface area contributed by atoms with Crippen molar-refractivity contribution in [2.45, 2.75) is 25.7 Å². The fourth-order valence-electron chi connectivity index (χ4n) is 3.07. The molecule has 0 atom stereocenters. The third kappa shape index (κ3) is 3.58. The van der Waals surface area contributed by atoms with E-state index < -0.39 is 26.2 Å². The first kappa shape index (κ1) is 20.5. The average molecular weight is 538 g/mol. The van der Waals surface area contributed by atoms with Crippen LogP contribution in [0.25, 0.3) is 0 Å². The summed E-state index contributed by atoms with van der Waals surface area (Å²) >= 11 is 7.79. The molecule has 0 amide bonds. The maximum absolute atomic E-state index is 13.8. The highest BCUT2D eigenvalue weighted by molar-refractivity contribution is 14.1. The maximum atomic E-state index is 13.8. The van der Waals surface area contributed by atoms with E-state index in [-0.39, 0.29) is 40.5 Å². The van der Waals surface area contributed by atoms with E-state index in [1.807, 2.05) is 0 Å². The molecule has 0 radical (unpaired) electrons. The Labute approximate surface area is 171 Å². The highest BCUT2D eigenvalue weighted by Gasteiger charge is 2.44. The van der Waals surface area contributed by atoms with E-state index in [9.17, 15) is 21.2 Å². The van der Waals surface area contributed by atoms with Crippen LogP contribution in [0.3, 0.4) is 0 Å². The lowest BCUT2D eigenvalue weighted by atomic mass is 10.3. The predicted octanol–water partition coefficient (Wildman–Crippen LogP) is 2.57. The molecule has 2 fully saturated rings. The molecular formula is C14H18ClFIN3O4S2. The van der Waals surface area contributed by atoms with E-state index in [0.717, 1.165) is 20.7 Å². The number of hydrogen-bond acceptors (Lipinski definition) is 4. The Morgan fingerprint density at radius 1 is 0.923 bits per heavy atom. The number of anilines is 1. The maximum Gasteiger partial charge on any atom is 0.318 e. The molecule has 2 aliphatic rings. The van der Waals surface area contributed by atoms with Gasteiger partial charge in [-0.15, -0.1) is 3.71 Å². The van der Waals surface area contributed by atoms with E-state index in [2.05, 4.69) is 0 Å². The molecule has 0 aromatic heterocycles. The Balaban J connectivity index is 2.18. The normalized spacial score (nSPS) is 20.0. The van der Waals surface area contributed by atoms with Crippen LogP contribution in [0.2, 0.25) is 5.02 Å². The second kappa shape index (κ2) is 7.66. The van der Waals surface area contributed by atoms with Crippen LogP contribution in [0, 0.1) is 9.39 Å². The first-order chi connectivity index (χ1) is 12.2. The van der Waals surface area contributed by atoms with Crippen molar-refractivity contribution in [1.29, 1.82) is 0 Å². The van der Waals surface area contributed by atoms with Crippen LogP contribution in [0.5, 0.6) is 0 Å². The third-order valence-electron chi connectivity index (χ3n) is 4.41. The van der Waals surface area contributed by atoms with Gasteiger partial charge in [0.25, 0.3) is 0 Å². The van der Waals surface area contributed by atoms with Gasteiger partial charge in [0, 0.05) is 26.2 Å². The minimum absolute atomic E-state index is 0.0278. The van der Waals surface area contributed by atoms with Crippen LogP contribution in [-0.2, 0) is 20.4 Å². The van der Waals surface area contributed by atoms with Gasteiger partial charge in [0.15, 0.2) is 0 Å². The van der Waals surface area contributed by atoms with Crippen molar-refractivity contribution < 1.29 is 21.2 Å². The summed E-state index contributed by atoms with van der Waals surface area (Å²) in [6.45, 7) is 0.961. The van der Waals surface area contributed by atoms with Crippen molar-refractivity contribution in [2.75, 3.05) is 29.9 Å². The minimum Gasteiger partial charge on any atom is -0.206 e. The molecule has 12 heteroatoms. The first-order valence-electron chi connectivity index (χ1n) is 8.11. The van der Waals surface area contributed by atoms with Crippen molar-refractivity contribution in [1.82, 2.24) is 8.61 Å². The summed E-state index contributed by atoms with van der Waals surface area (Å²) in [7, 11) is -8.75. The van der Waals surface area contributed by atoms with E-state index in [1.54, 1.807) is 22.6 Å². The molecular weight excluding hydrogens is 520 g/mol. The van der Waals surface area contributed by atoms with Crippen LogP contribution in [0.15, 0.2) is 12.1 Å². The molecule has 0 aliphatic carbocycles. The Hall–Kier alpha value is -0.210. The molecule has 3 rings (SSSR count). The van der Waals surface area contributed by atoms with Crippen LogP contribution in [-0.4, -0.2) is 51.6 Å². The molecule has 7 nitrogen and oxygen atoms in total. The highest BCUT2D eigenvalue weighted by atomic mass is 127. The molecule has 0 bridgehead atoms. The van der Waals surface area contributed by atoms with Crippen molar-refractivity contribution >= 4 is 60.3 Å². The number of hydrogen-bond donors (Lipinski definition) is 0. The van der Waals surface area contributed by atoms with Gasteiger partial charge >= 0.3 is 20.4 Å². The van der Waals surface area contributed by atoms with E-state index >= 15 is 0 Å². The van der Waals surface area contributed by atoms with Crippen LogP contribution >= 0.6 is 34.2 Å². The SMILES string of the molecule is O=S(=O)(N1CCCC1)N(c1ccc(F)c(I)c1Cl)S(=O)(=O)N1CCCC1. The van der Waals surface area contributed by atoms with Gasteiger partial charge in [-0.3, -0.25) is 0 Å². The molecule has 0 saturated carbocycles. The van der Waals surface area contributed by atoms with Gasteiger partial charge in [0.1, 0.15) is 5.82 Å². The van der Waals surface area contributed by atoms with Gasteiger partial charge in [-0.05, 0) is 60.4 Å². The summed E-state index contributed by atoms with van der Waals surface area (Å²) in [6, 6.07) is 2.12. The van der Waals surface area contributed by atoms with Crippen LogP contribution in [0.1, 0.15) is 25.7 Å². The monoisotopic (exact) mass is 537 g/mol.